The molecule has 4 aliphatic rings. The van der Waals surface area contributed by atoms with E-state index in [4.69, 9.17) is 0 Å². The Hall–Kier alpha value is -4.10. The molecule has 0 aromatic heterocycles. The van der Waals surface area contributed by atoms with Crippen LogP contribution in [0.15, 0.2) is 84.9 Å². The molecule has 5 aromatic rings. The maximum atomic E-state index is 2.81. The summed E-state index contributed by atoms with van der Waals surface area (Å²) in [7, 11) is 0. The molecule has 1 heteroatoms. The van der Waals surface area contributed by atoms with Gasteiger partial charge in [-0.1, -0.05) is 130 Å². The van der Waals surface area contributed by atoms with Gasteiger partial charge in [0, 0.05) is 11.0 Å². The van der Waals surface area contributed by atoms with Gasteiger partial charge >= 0.3 is 0 Å². The first-order valence-corrected chi connectivity index (χ1v) is 21.4. The van der Waals surface area contributed by atoms with Crippen molar-refractivity contribution < 1.29 is 0 Å². The van der Waals surface area contributed by atoms with Crippen LogP contribution in [0.4, 0.5) is 17.1 Å². The summed E-state index contributed by atoms with van der Waals surface area (Å²) in [5.74, 6) is 0. The monoisotopic (exact) mass is 725 g/mol. The van der Waals surface area contributed by atoms with Crippen LogP contribution in [-0.2, 0) is 39.9 Å². The van der Waals surface area contributed by atoms with Crippen molar-refractivity contribution in [3.05, 3.63) is 135 Å². The maximum Gasteiger partial charge on any atom is 0.0543 e. The van der Waals surface area contributed by atoms with Gasteiger partial charge in [0.05, 0.1) is 17.1 Å². The first kappa shape index (κ1) is 36.5. The molecule has 55 heavy (non-hydrogen) atoms. The van der Waals surface area contributed by atoms with E-state index in [1.165, 1.54) is 123 Å². The van der Waals surface area contributed by atoms with Crippen LogP contribution in [0.1, 0.15) is 158 Å². The van der Waals surface area contributed by atoms with Crippen LogP contribution in [0, 0.1) is 6.92 Å². The van der Waals surface area contributed by atoms with E-state index < -0.39 is 0 Å². The summed E-state index contributed by atoms with van der Waals surface area (Å²) in [6.07, 6.45) is 9.61. The van der Waals surface area contributed by atoms with Crippen LogP contribution < -0.4 is 4.90 Å². The highest BCUT2D eigenvalue weighted by atomic mass is 15.2. The minimum absolute atomic E-state index is 0.0254. The van der Waals surface area contributed by atoms with Crippen LogP contribution in [0.2, 0.25) is 0 Å². The summed E-state index contributed by atoms with van der Waals surface area (Å²) in [6, 6.07) is 34.0. The van der Waals surface area contributed by atoms with Gasteiger partial charge in [-0.15, -0.1) is 0 Å². The van der Waals surface area contributed by atoms with Crippen LogP contribution in [0.25, 0.3) is 22.3 Å². The Bertz CT molecular complexity index is 2300. The van der Waals surface area contributed by atoms with Crippen LogP contribution in [0.5, 0.6) is 0 Å². The third-order valence-corrected chi connectivity index (χ3v) is 15.1. The van der Waals surface area contributed by atoms with Crippen molar-refractivity contribution in [2.24, 2.45) is 0 Å². The molecule has 0 saturated heterocycles. The summed E-state index contributed by atoms with van der Waals surface area (Å²) < 4.78 is 0. The fourth-order valence-electron chi connectivity index (χ4n) is 11.6. The molecule has 284 valence electrons. The zero-order chi connectivity index (χ0) is 38.9. The molecule has 0 N–H and O–H groups in total. The summed E-state index contributed by atoms with van der Waals surface area (Å²) in [4.78, 5) is 2.81. The van der Waals surface area contributed by atoms with E-state index in [1.54, 1.807) is 11.1 Å². The minimum Gasteiger partial charge on any atom is -0.309 e. The number of anilines is 3. The largest absolute Gasteiger partial charge is 0.309 e. The highest BCUT2D eigenvalue weighted by Crippen LogP contribution is 2.59. The Morgan fingerprint density at radius 3 is 1.62 bits per heavy atom. The lowest BCUT2D eigenvalue weighted by Crippen LogP contribution is -2.37. The Balaban J connectivity index is 1.47. The zero-order valence-electron chi connectivity index (χ0n) is 35.7. The predicted molar refractivity (Wildman–Crippen MR) is 236 cm³/mol. The van der Waals surface area contributed by atoms with Gasteiger partial charge in [-0.2, -0.15) is 0 Å². The van der Waals surface area contributed by atoms with Crippen molar-refractivity contribution in [2.45, 2.75) is 155 Å². The molecule has 1 nitrogen and oxygen atoms in total. The number of hydrogen-bond acceptors (Lipinski definition) is 1. The fourth-order valence-corrected chi connectivity index (χ4v) is 11.6. The molecule has 5 aromatic carbocycles. The summed E-state index contributed by atoms with van der Waals surface area (Å²) in [5.41, 5.74) is 23.3. The average molecular weight is 726 g/mol. The van der Waals surface area contributed by atoms with E-state index in [9.17, 15) is 0 Å². The van der Waals surface area contributed by atoms with E-state index in [-0.39, 0.29) is 27.1 Å². The lowest BCUT2D eigenvalue weighted by molar-refractivity contribution is 0.331. The number of hydrogen-bond donors (Lipinski definition) is 0. The molecule has 0 radical (unpaired) electrons. The van der Waals surface area contributed by atoms with Gasteiger partial charge in [-0.25, -0.2) is 0 Å². The summed E-state index contributed by atoms with van der Waals surface area (Å²) >= 11 is 0. The second-order valence-electron chi connectivity index (χ2n) is 21.0. The van der Waals surface area contributed by atoms with E-state index in [0.717, 1.165) is 6.42 Å². The molecule has 0 fully saturated rings. The zero-order valence-corrected chi connectivity index (χ0v) is 35.7. The lowest BCUT2D eigenvalue weighted by atomic mass is 9.62. The smallest absolute Gasteiger partial charge is 0.0543 e. The van der Waals surface area contributed by atoms with Gasteiger partial charge in [0.25, 0.3) is 0 Å². The van der Waals surface area contributed by atoms with Crippen LogP contribution in [0.3, 0.4) is 0 Å². The number of rotatable bonds is 4. The molecule has 0 amide bonds. The third-order valence-electron chi connectivity index (χ3n) is 15.1. The van der Waals surface area contributed by atoms with Gasteiger partial charge in [0.1, 0.15) is 0 Å². The number of fused-ring (bicyclic) bond motifs is 6. The molecule has 0 saturated carbocycles. The normalized spacial score (nSPS) is 20.4. The summed E-state index contributed by atoms with van der Waals surface area (Å²) in [6.45, 7) is 27.2. The number of benzene rings is 5. The first-order valence-electron chi connectivity index (χ1n) is 21.4. The molecule has 0 bridgehead atoms. The Morgan fingerprint density at radius 2 is 1.00 bits per heavy atom. The SMILES string of the molecule is Cc1ccc2c(c1-c1cc3c(cc1N(c1cccc4c1C(C)(C)CCC4(C)C)c1cccc4c1C(C)(C)CCC4(C)C)C(C)(C)c1ccccc1-3)CCCC2. The van der Waals surface area contributed by atoms with Crippen LogP contribution in [-0.4, -0.2) is 0 Å². The fraction of sp³-hybridized carbons (Fsp3) is 0.444. The third kappa shape index (κ3) is 5.45. The van der Waals surface area contributed by atoms with Crippen molar-refractivity contribution >= 4 is 17.1 Å². The predicted octanol–water partition coefficient (Wildman–Crippen LogP) is 15.0. The molecular formula is C54H63N. The molecule has 0 atom stereocenters. The Kier molecular flexibility index (Phi) is 8.10. The van der Waals surface area contributed by atoms with Gasteiger partial charge < -0.3 is 4.90 Å². The second-order valence-corrected chi connectivity index (χ2v) is 21.0. The lowest BCUT2D eigenvalue weighted by Gasteiger charge is -2.47. The number of nitrogens with zero attached hydrogens (tertiary/aromatic N) is 1. The van der Waals surface area contributed by atoms with E-state index in [2.05, 4.69) is 166 Å². The highest BCUT2D eigenvalue weighted by Gasteiger charge is 2.44. The van der Waals surface area contributed by atoms with Gasteiger partial charge in [0.2, 0.25) is 0 Å². The Morgan fingerprint density at radius 1 is 0.455 bits per heavy atom. The van der Waals surface area contributed by atoms with Gasteiger partial charge in [-0.05, 0) is 171 Å². The van der Waals surface area contributed by atoms with E-state index in [1.807, 2.05) is 0 Å². The maximum absolute atomic E-state index is 2.81. The highest BCUT2D eigenvalue weighted by molar-refractivity contribution is 5.97. The van der Waals surface area contributed by atoms with Crippen molar-refractivity contribution in [3.8, 4) is 22.3 Å². The average Bonchev–Trinajstić information content (AvgIpc) is 3.37. The van der Waals surface area contributed by atoms with Crippen LogP contribution >= 0.6 is 0 Å². The second kappa shape index (κ2) is 12.2. The van der Waals surface area contributed by atoms with E-state index >= 15 is 0 Å². The molecular weight excluding hydrogens is 663 g/mol. The van der Waals surface area contributed by atoms with Crippen molar-refractivity contribution in [1.82, 2.24) is 0 Å². The quantitative estimate of drug-likeness (QED) is 0.178. The molecule has 0 aliphatic heterocycles. The molecule has 0 unspecified atom stereocenters. The molecule has 0 heterocycles. The standard InChI is InChI=1S/C54H63N/c1-34-26-27-35-18-12-13-19-36(35)47(34)39-32-38-37-20-14-15-21-40(37)54(10,11)43(38)33-46(39)55(44-24-16-22-41-48(44)52(6,7)30-28-50(41,2)3)45-25-17-23-42-49(45)53(8,9)31-29-51(42,4)5/h14-17,20-27,32-33H,12-13,18-19,28-31H2,1-11H3. The van der Waals surface area contributed by atoms with Crippen molar-refractivity contribution in [3.63, 3.8) is 0 Å². The molecule has 4 aliphatic carbocycles. The van der Waals surface area contributed by atoms with E-state index in [0.29, 0.717) is 0 Å². The topological polar surface area (TPSA) is 3.24 Å². The van der Waals surface area contributed by atoms with Crippen molar-refractivity contribution in [2.75, 3.05) is 4.90 Å². The summed E-state index contributed by atoms with van der Waals surface area (Å²) in [5, 5.41) is 0. The number of aryl methyl sites for hydroxylation is 2. The molecule has 0 spiro atoms. The van der Waals surface area contributed by atoms with Gasteiger partial charge in [0.15, 0.2) is 0 Å². The Labute approximate surface area is 332 Å². The van der Waals surface area contributed by atoms with Gasteiger partial charge in [-0.3, -0.25) is 0 Å². The van der Waals surface area contributed by atoms with Crippen molar-refractivity contribution in [1.29, 1.82) is 0 Å². The molecule has 9 rings (SSSR count). The first-order chi connectivity index (χ1) is 25.9. The minimum atomic E-state index is -0.120.